The molecule has 0 saturated carbocycles. The molecule has 146 valence electrons. The van der Waals surface area contributed by atoms with Gasteiger partial charge in [-0.1, -0.05) is 46.6 Å². The molecule has 2 aromatic carbocycles. The zero-order valence-corrected chi connectivity index (χ0v) is 18.0. The van der Waals surface area contributed by atoms with Crippen LogP contribution in [0.15, 0.2) is 41.6 Å². The van der Waals surface area contributed by atoms with Crippen LogP contribution in [-0.2, 0) is 11.8 Å². The summed E-state index contributed by atoms with van der Waals surface area (Å²) in [7, 11) is 3.39. The molecule has 0 aliphatic heterocycles. The fourth-order valence-electron chi connectivity index (χ4n) is 2.43. The van der Waals surface area contributed by atoms with E-state index in [4.69, 9.17) is 39.5 Å². The van der Waals surface area contributed by atoms with Crippen LogP contribution in [0.2, 0.25) is 15.1 Å². The molecule has 0 spiro atoms. The van der Waals surface area contributed by atoms with E-state index in [2.05, 4.69) is 15.5 Å². The molecule has 1 amide bonds. The van der Waals surface area contributed by atoms with Crippen molar-refractivity contribution < 1.29 is 9.53 Å². The van der Waals surface area contributed by atoms with Gasteiger partial charge in [0.25, 0.3) is 0 Å². The van der Waals surface area contributed by atoms with Crippen molar-refractivity contribution in [2.24, 2.45) is 7.05 Å². The van der Waals surface area contributed by atoms with Gasteiger partial charge >= 0.3 is 0 Å². The van der Waals surface area contributed by atoms with E-state index in [0.29, 0.717) is 37.5 Å². The Morgan fingerprint density at radius 3 is 2.64 bits per heavy atom. The zero-order valence-electron chi connectivity index (χ0n) is 14.9. The molecule has 0 saturated heterocycles. The maximum absolute atomic E-state index is 12.2. The van der Waals surface area contributed by atoms with Gasteiger partial charge in [-0.05, 0) is 36.4 Å². The Hall–Kier alpha value is -1.93. The second-order valence-corrected chi connectivity index (χ2v) is 7.87. The third-order valence-electron chi connectivity index (χ3n) is 3.77. The molecule has 0 bridgehead atoms. The molecule has 3 aromatic rings. The maximum Gasteiger partial charge on any atom is 0.234 e. The highest BCUT2D eigenvalue weighted by Crippen LogP contribution is 2.32. The predicted octanol–water partition coefficient (Wildman–Crippen LogP) is 5.18. The summed E-state index contributed by atoms with van der Waals surface area (Å²) in [5.74, 6) is 1.17. The van der Waals surface area contributed by atoms with Crippen molar-refractivity contribution in [1.29, 1.82) is 0 Å². The number of benzene rings is 2. The SMILES string of the molecule is COc1ccc(Cl)cc1-c1nnc(SCC(=O)Nc2ccc(Cl)c(Cl)c2)n1C. The molecular formula is C18H15Cl3N4O2S. The second-order valence-electron chi connectivity index (χ2n) is 5.68. The first-order valence-corrected chi connectivity index (χ1v) is 10.1. The van der Waals surface area contributed by atoms with Gasteiger partial charge in [-0.15, -0.1) is 10.2 Å². The van der Waals surface area contributed by atoms with Crippen LogP contribution in [0.3, 0.4) is 0 Å². The molecule has 1 heterocycles. The summed E-state index contributed by atoms with van der Waals surface area (Å²) in [6.07, 6.45) is 0. The lowest BCUT2D eigenvalue weighted by Crippen LogP contribution is -2.14. The van der Waals surface area contributed by atoms with Crippen molar-refractivity contribution in [2.75, 3.05) is 18.2 Å². The van der Waals surface area contributed by atoms with E-state index in [0.717, 1.165) is 5.56 Å². The van der Waals surface area contributed by atoms with Gasteiger partial charge in [0.05, 0.1) is 28.5 Å². The summed E-state index contributed by atoms with van der Waals surface area (Å²) >= 11 is 19.2. The number of methoxy groups -OCH3 is 1. The van der Waals surface area contributed by atoms with E-state index in [1.54, 1.807) is 48.1 Å². The molecule has 28 heavy (non-hydrogen) atoms. The zero-order chi connectivity index (χ0) is 20.3. The van der Waals surface area contributed by atoms with Crippen LogP contribution in [0.4, 0.5) is 5.69 Å². The van der Waals surface area contributed by atoms with Gasteiger partial charge in [0.2, 0.25) is 5.91 Å². The minimum Gasteiger partial charge on any atom is -0.496 e. The molecule has 0 fully saturated rings. The highest BCUT2D eigenvalue weighted by molar-refractivity contribution is 7.99. The minimum absolute atomic E-state index is 0.152. The molecule has 3 rings (SSSR count). The Morgan fingerprint density at radius 1 is 1.14 bits per heavy atom. The lowest BCUT2D eigenvalue weighted by molar-refractivity contribution is -0.113. The number of hydrogen-bond acceptors (Lipinski definition) is 5. The molecule has 0 aliphatic carbocycles. The quantitative estimate of drug-likeness (QED) is 0.516. The van der Waals surface area contributed by atoms with Gasteiger partial charge in [0.15, 0.2) is 11.0 Å². The van der Waals surface area contributed by atoms with Crippen molar-refractivity contribution in [1.82, 2.24) is 14.8 Å². The summed E-state index contributed by atoms with van der Waals surface area (Å²) in [6.45, 7) is 0. The molecular weight excluding hydrogens is 443 g/mol. The van der Waals surface area contributed by atoms with E-state index in [9.17, 15) is 4.79 Å². The second kappa shape index (κ2) is 9.05. The Morgan fingerprint density at radius 2 is 1.93 bits per heavy atom. The van der Waals surface area contributed by atoms with E-state index in [-0.39, 0.29) is 11.7 Å². The highest BCUT2D eigenvalue weighted by atomic mass is 35.5. The molecule has 0 aliphatic rings. The summed E-state index contributed by atoms with van der Waals surface area (Å²) in [6, 6.07) is 10.2. The van der Waals surface area contributed by atoms with Gasteiger partial charge in [-0.25, -0.2) is 0 Å². The lowest BCUT2D eigenvalue weighted by Gasteiger charge is -2.09. The van der Waals surface area contributed by atoms with Crippen molar-refractivity contribution in [3.8, 4) is 17.1 Å². The minimum atomic E-state index is -0.201. The van der Waals surface area contributed by atoms with Gasteiger partial charge in [0.1, 0.15) is 5.75 Å². The molecule has 0 radical (unpaired) electrons. The average molecular weight is 458 g/mol. The lowest BCUT2D eigenvalue weighted by atomic mass is 10.2. The Bertz CT molecular complexity index is 1030. The molecule has 6 nitrogen and oxygen atoms in total. The number of ether oxygens (including phenoxy) is 1. The van der Waals surface area contributed by atoms with Gasteiger partial charge in [-0.3, -0.25) is 4.79 Å². The van der Waals surface area contributed by atoms with Crippen molar-refractivity contribution in [3.05, 3.63) is 51.5 Å². The van der Waals surface area contributed by atoms with Crippen molar-refractivity contribution >= 4 is 58.2 Å². The van der Waals surface area contributed by atoms with E-state index < -0.39 is 0 Å². The first-order valence-electron chi connectivity index (χ1n) is 8.00. The van der Waals surface area contributed by atoms with Crippen LogP contribution in [-0.4, -0.2) is 33.5 Å². The van der Waals surface area contributed by atoms with Gasteiger partial charge < -0.3 is 14.6 Å². The number of rotatable bonds is 6. The molecule has 1 N–H and O–H groups in total. The predicted molar refractivity (Wildman–Crippen MR) is 114 cm³/mol. The standard InChI is InChI=1S/C18H15Cl3N4O2S/c1-25-17(12-7-10(19)3-6-15(12)27-2)23-24-18(25)28-9-16(26)22-11-4-5-13(20)14(21)8-11/h3-8H,9H2,1-2H3,(H,22,26). The number of aromatic nitrogens is 3. The number of nitrogens with one attached hydrogen (secondary N) is 1. The molecule has 10 heteroatoms. The first-order chi connectivity index (χ1) is 13.4. The van der Waals surface area contributed by atoms with Crippen LogP contribution in [0.5, 0.6) is 5.75 Å². The maximum atomic E-state index is 12.2. The Balaban J connectivity index is 1.70. The summed E-state index contributed by atoms with van der Waals surface area (Å²) in [5, 5.41) is 13.1. The molecule has 0 atom stereocenters. The van der Waals surface area contributed by atoms with E-state index in [1.807, 2.05) is 7.05 Å². The van der Waals surface area contributed by atoms with Crippen LogP contribution in [0, 0.1) is 0 Å². The van der Waals surface area contributed by atoms with Crippen LogP contribution in [0.1, 0.15) is 0 Å². The number of amides is 1. The van der Waals surface area contributed by atoms with Gasteiger partial charge in [0, 0.05) is 17.8 Å². The van der Waals surface area contributed by atoms with Crippen molar-refractivity contribution in [3.63, 3.8) is 0 Å². The Kier molecular flexibility index (Phi) is 6.72. The third kappa shape index (κ3) is 4.72. The number of halogens is 3. The molecule has 0 unspecified atom stereocenters. The number of carbonyl (C=O) groups is 1. The van der Waals surface area contributed by atoms with E-state index in [1.165, 1.54) is 11.8 Å². The molecule has 1 aromatic heterocycles. The highest BCUT2D eigenvalue weighted by Gasteiger charge is 2.17. The normalized spacial score (nSPS) is 10.8. The third-order valence-corrected chi connectivity index (χ3v) is 5.77. The van der Waals surface area contributed by atoms with Crippen LogP contribution >= 0.6 is 46.6 Å². The summed E-state index contributed by atoms with van der Waals surface area (Å²) in [5.41, 5.74) is 1.29. The topological polar surface area (TPSA) is 69.0 Å². The van der Waals surface area contributed by atoms with Crippen LogP contribution < -0.4 is 10.1 Å². The smallest absolute Gasteiger partial charge is 0.234 e. The fraction of sp³-hybridized carbons (Fsp3) is 0.167. The largest absolute Gasteiger partial charge is 0.496 e. The Labute approximate surface area is 181 Å². The number of thioether (sulfide) groups is 1. The number of carbonyl (C=O) groups excluding carboxylic acids is 1. The monoisotopic (exact) mass is 456 g/mol. The van der Waals surface area contributed by atoms with E-state index >= 15 is 0 Å². The fourth-order valence-corrected chi connectivity index (χ4v) is 3.61. The number of hydrogen-bond donors (Lipinski definition) is 1. The van der Waals surface area contributed by atoms with Crippen LogP contribution in [0.25, 0.3) is 11.4 Å². The van der Waals surface area contributed by atoms with Gasteiger partial charge in [-0.2, -0.15) is 0 Å². The van der Waals surface area contributed by atoms with Crippen molar-refractivity contribution in [2.45, 2.75) is 5.16 Å². The number of nitrogens with zero attached hydrogens (tertiary/aromatic N) is 3. The summed E-state index contributed by atoms with van der Waals surface area (Å²) < 4.78 is 7.15. The first kappa shape index (κ1) is 20.8. The summed E-state index contributed by atoms with van der Waals surface area (Å²) in [4.78, 5) is 12.2. The number of anilines is 1. The average Bonchev–Trinajstić information content (AvgIpc) is 3.03.